The quantitative estimate of drug-likeness (QED) is 0.747. The van der Waals surface area contributed by atoms with Crippen LogP contribution in [0.4, 0.5) is 0 Å². The Morgan fingerprint density at radius 1 is 1.16 bits per heavy atom. The van der Waals surface area contributed by atoms with E-state index in [1.54, 1.807) is 24.3 Å². The number of aliphatic hydroxyl groups is 1. The summed E-state index contributed by atoms with van der Waals surface area (Å²) < 4.78 is 5.91. The lowest BCUT2D eigenvalue weighted by Gasteiger charge is -2.31. The minimum Gasteiger partial charge on any atom is -0.507 e. The average molecular weight is 340 g/mol. The highest BCUT2D eigenvalue weighted by Gasteiger charge is 2.40. The summed E-state index contributed by atoms with van der Waals surface area (Å²) in [6.07, 6.45) is -0.0840. The molecule has 0 amide bonds. The van der Waals surface area contributed by atoms with Gasteiger partial charge in [-0.2, -0.15) is 0 Å². The molecule has 0 bridgehead atoms. The van der Waals surface area contributed by atoms with Crippen LogP contribution in [0.25, 0.3) is 0 Å². The summed E-state index contributed by atoms with van der Waals surface area (Å²) >= 11 is 0. The van der Waals surface area contributed by atoms with Crippen LogP contribution in [0.2, 0.25) is 0 Å². The molecule has 1 aliphatic rings. The molecular weight excluding hydrogens is 320 g/mol. The molecule has 0 aliphatic carbocycles. The smallest absolute Gasteiger partial charge is 0.202 e. The Morgan fingerprint density at radius 2 is 1.84 bits per heavy atom. The monoisotopic (exact) mass is 340 g/mol. The molecule has 1 heterocycles. The van der Waals surface area contributed by atoms with Crippen molar-refractivity contribution in [2.24, 2.45) is 0 Å². The van der Waals surface area contributed by atoms with E-state index in [9.17, 15) is 20.1 Å². The molecule has 1 aliphatic heterocycles. The number of hydrogen-bond donors (Lipinski definition) is 3. The number of carbonyl (C=O) groups is 1. The molecule has 25 heavy (non-hydrogen) atoms. The molecule has 0 fully saturated rings. The van der Waals surface area contributed by atoms with Gasteiger partial charge in [0.05, 0.1) is 0 Å². The zero-order valence-electron chi connectivity index (χ0n) is 14.1. The minimum absolute atomic E-state index is 0.0883. The number of hydrogen-bond acceptors (Lipinski definition) is 5. The fourth-order valence-corrected chi connectivity index (χ4v) is 2.91. The van der Waals surface area contributed by atoms with Gasteiger partial charge in [0, 0.05) is 11.6 Å². The van der Waals surface area contributed by atoms with Gasteiger partial charge in [-0.1, -0.05) is 42.0 Å². The maximum atomic E-state index is 12.6. The fraction of sp³-hybridized carbons (Fsp3) is 0.250. The van der Waals surface area contributed by atoms with Crippen molar-refractivity contribution in [2.75, 3.05) is 0 Å². The number of carbonyl (C=O) groups excluding carboxylic acids is 1. The highest BCUT2D eigenvalue weighted by molar-refractivity contribution is 6.06. The lowest BCUT2D eigenvalue weighted by atomic mass is 9.90. The van der Waals surface area contributed by atoms with Gasteiger partial charge in [0.25, 0.3) is 0 Å². The van der Waals surface area contributed by atoms with Gasteiger partial charge in [0.15, 0.2) is 12.2 Å². The lowest BCUT2D eigenvalue weighted by Crippen LogP contribution is -2.36. The number of aromatic hydroxyl groups is 2. The molecule has 0 spiro atoms. The summed E-state index contributed by atoms with van der Waals surface area (Å²) in [5.41, 5.74) is 2.01. The first kappa shape index (κ1) is 17.0. The normalized spacial score (nSPS) is 19.1. The Balaban J connectivity index is 2.14. The van der Waals surface area contributed by atoms with Gasteiger partial charge in [-0.25, -0.2) is 0 Å². The van der Waals surface area contributed by atoms with Crippen molar-refractivity contribution in [3.63, 3.8) is 0 Å². The number of phenolic OH excluding ortho intramolecular Hbond substituents is 2. The number of allylic oxidation sites excluding steroid dienone is 2. The molecule has 5 heteroatoms. The van der Waals surface area contributed by atoms with Crippen molar-refractivity contribution < 1.29 is 24.9 Å². The lowest BCUT2D eigenvalue weighted by molar-refractivity contribution is 0.0206. The maximum Gasteiger partial charge on any atom is 0.202 e. The largest absolute Gasteiger partial charge is 0.507 e. The number of fused-ring (bicyclic) bond motifs is 1. The minimum atomic E-state index is -1.43. The van der Waals surface area contributed by atoms with E-state index in [0.29, 0.717) is 17.5 Å². The summed E-state index contributed by atoms with van der Waals surface area (Å²) in [6.45, 7) is 3.85. The van der Waals surface area contributed by atoms with Crippen LogP contribution in [0.15, 0.2) is 48.0 Å². The van der Waals surface area contributed by atoms with Crippen LogP contribution in [0, 0.1) is 0 Å². The molecule has 0 unspecified atom stereocenters. The average Bonchev–Trinajstić information content (AvgIpc) is 2.57. The number of Topliss-reactive ketones (excluding diaryl/α,β-unsaturated/α-hetero) is 1. The number of rotatable bonds is 3. The maximum absolute atomic E-state index is 12.6. The third-order valence-electron chi connectivity index (χ3n) is 4.23. The molecular formula is C20H20O5. The van der Waals surface area contributed by atoms with Crippen molar-refractivity contribution in [2.45, 2.75) is 32.5 Å². The number of ketones is 1. The third kappa shape index (κ3) is 3.10. The van der Waals surface area contributed by atoms with Crippen LogP contribution in [0.3, 0.4) is 0 Å². The van der Waals surface area contributed by atoms with Crippen LogP contribution in [-0.2, 0) is 6.42 Å². The molecule has 0 radical (unpaired) electrons. The standard InChI is InChI=1S/C20H20O5/c1-11(2)8-9-13-14(21)10-15(22)16-17(23)18(24)19(25-20(13)16)12-6-4-3-5-7-12/h3-8,10,18-19,21-22,24H,9H2,1-2H3/t18-,19-/m1/s1. The second-order valence-electron chi connectivity index (χ2n) is 6.34. The number of benzene rings is 2. The number of ether oxygens (including phenoxy) is 1. The zero-order chi connectivity index (χ0) is 18.1. The molecule has 2 aromatic carbocycles. The van der Waals surface area contributed by atoms with Crippen molar-refractivity contribution in [3.05, 3.63) is 64.7 Å². The van der Waals surface area contributed by atoms with E-state index in [4.69, 9.17) is 4.74 Å². The second kappa shape index (κ2) is 6.61. The Kier molecular flexibility index (Phi) is 4.51. The first-order chi connectivity index (χ1) is 11.9. The van der Waals surface area contributed by atoms with E-state index in [0.717, 1.165) is 11.6 Å². The van der Waals surface area contributed by atoms with Gasteiger partial charge < -0.3 is 20.1 Å². The van der Waals surface area contributed by atoms with Crippen LogP contribution in [0.5, 0.6) is 17.2 Å². The van der Waals surface area contributed by atoms with Gasteiger partial charge in [-0.3, -0.25) is 4.79 Å². The van der Waals surface area contributed by atoms with E-state index in [2.05, 4.69) is 0 Å². The van der Waals surface area contributed by atoms with Crippen LogP contribution in [-0.4, -0.2) is 27.2 Å². The van der Waals surface area contributed by atoms with E-state index in [-0.39, 0.29) is 17.1 Å². The number of aliphatic hydroxyl groups excluding tert-OH is 1. The Bertz CT molecular complexity index is 835. The van der Waals surface area contributed by atoms with Crippen LogP contribution >= 0.6 is 0 Å². The van der Waals surface area contributed by atoms with Gasteiger partial charge in [-0.05, 0) is 25.8 Å². The highest BCUT2D eigenvalue weighted by atomic mass is 16.5. The van der Waals surface area contributed by atoms with Gasteiger partial charge in [-0.15, -0.1) is 0 Å². The summed E-state index contributed by atoms with van der Waals surface area (Å²) in [5.74, 6) is -1.04. The third-order valence-corrected chi connectivity index (χ3v) is 4.23. The predicted molar refractivity (Wildman–Crippen MR) is 93.1 cm³/mol. The summed E-state index contributed by atoms with van der Waals surface area (Å²) in [6, 6.07) is 10.0. The molecule has 2 aromatic rings. The summed E-state index contributed by atoms with van der Waals surface area (Å²) in [4.78, 5) is 12.6. The Morgan fingerprint density at radius 3 is 2.48 bits per heavy atom. The van der Waals surface area contributed by atoms with E-state index >= 15 is 0 Å². The molecule has 3 rings (SSSR count). The SMILES string of the molecule is CC(C)=CCc1c(O)cc(O)c2c1O[C@H](c1ccccc1)[C@H](O)C2=O. The van der Waals surface area contributed by atoms with Gasteiger partial charge >= 0.3 is 0 Å². The predicted octanol–water partition coefficient (Wildman–Crippen LogP) is 3.28. The molecule has 0 saturated heterocycles. The fourth-order valence-electron chi connectivity index (χ4n) is 2.91. The molecule has 130 valence electrons. The highest BCUT2D eigenvalue weighted by Crippen LogP contribution is 2.45. The number of phenols is 2. The van der Waals surface area contributed by atoms with Crippen LogP contribution < -0.4 is 4.74 Å². The zero-order valence-corrected chi connectivity index (χ0v) is 14.1. The van der Waals surface area contributed by atoms with Crippen molar-refractivity contribution >= 4 is 5.78 Å². The Hall–Kier alpha value is -2.79. The summed E-state index contributed by atoms with van der Waals surface area (Å²) in [5, 5.41) is 30.7. The molecule has 5 nitrogen and oxygen atoms in total. The Labute approximate surface area is 145 Å². The summed E-state index contributed by atoms with van der Waals surface area (Å²) in [7, 11) is 0. The van der Waals surface area contributed by atoms with Crippen LogP contribution in [0.1, 0.15) is 41.4 Å². The van der Waals surface area contributed by atoms with E-state index < -0.39 is 23.7 Å². The molecule has 0 aromatic heterocycles. The van der Waals surface area contributed by atoms with E-state index in [1.807, 2.05) is 26.0 Å². The first-order valence-electron chi connectivity index (χ1n) is 8.05. The van der Waals surface area contributed by atoms with E-state index in [1.165, 1.54) is 0 Å². The molecule has 3 N–H and O–H groups in total. The van der Waals surface area contributed by atoms with Crippen molar-refractivity contribution in [1.29, 1.82) is 0 Å². The van der Waals surface area contributed by atoms with Gasteiger partial charge in [0.1, 0.15) is 22.8 Å². The topological polar surface area (TPSA) is 87.0 Å². The molecule has 2 atom stereocenters. The van der Waals surface area contributed by atoms with Crippen molar-refractivity contribution in [1.82, 2.24) is 0 Å². The second-order valence-corrected chi connectivity index (χ2v) is 6.34. The first-order valence-corrected chi connectivity index (χ1v) is 8.05. The molecule has 0 saturated carbocycles. The van der Waals surface area contributed by atoms with Gasteiger partial charge in [0.2, 0.25) is 5.78 Å². The van der Waals surface area contributed by atoms with Crippen molar-refractivity contribution in [3.8, 4) is 17.2 Å².